The molecule has 0 radical (unpaired) electrons. The van der Waals surface area contributed by atoms with Gasteiger partial charge >= 0.3 is 0 Å². The third-order valence-corrected chi connectivity index (χ3v) is 4.16. The largest absolute Gasteiger partial charge is 0.350 e. The van der Waals surface area contributed by atoms with Crippen LogP contribution in [0.3, 0.4) is 0 Å². The van der Waals surface area contributed by atoms with E-state index in [-0.39, 0.29) is 0 Å². The van der Waals surface area contributed by atoms with Crippen LogP contribution in [0.4, 0.5) is 0 Å². The molecule has 2 aromatic heterocycles. The molecule has 0 aromatic carbocycles. The van der Waals surface area contributed by atoms with Gasteiger partial charge in [0.25, 0.3) is 0 Å². The van der Waals surface area contributed by atoms with Crippen molar-refractivity contribution in [3.8, 4) is 0 Å². The van der Waals surface area contributed by atoms with Crippen molar-refractivity contribution in [2.24, 2.45) is 0 Å². The zero-order valence-corrected chi connectivity index (χ0v) is 12.2. The first-order chi connectivity index (χ1) is 8.79. The van der Waals surface area contributed by atoms with E-state index in [1.54, 1.807) is 11.3 Å². The highest BCUT2D eigenvalue weighted by atomic mass is 35.5. The molecular formula is C14H19ClN2S. The highest BCUT2D eigenvalue weighted by molar-refractivity contribution is 7.16. The lowest BCUT2D eigenvalue weighted by Crippen LogP contribution is -2.18. The van der Waals surface area contributed by atoms with Crippen molar-refractivity contribution in [2.45, 2.75) is 32.9 Å². The molecule has 0 aliphatic heterocycles. The van der Waals surface area contributed by atoms with E-state index in [1.807, 2.05) is 6.07 Å². The van der Waals surface area contributed by atoms with Crippen molar-refractivity contribution in [1.29, 1.82) is 0 Å². The average molecular weight is 283 g/mol. The standard InChI is InChI=1S/C14H19ClN2S/c1-2-9-17-10-3-4-12(17)11-16-8-7-13-5-6-14(15)18-13/h3-6,10,16H,2,7-9,11H2,1H3. The Kier molecular flexibility index (Phi) is 5.29. The molecule has 4 heteroatoms. The van der Waals surface area contributed by atoms with E-state index in [1.165, 1.54) is 17.0 Å². The van der Waals surface area contributed by atoms with Gasteiger partial charge in [-0.2, -0.15) is 0 Å². The molecule has 98 valence electrons. The van der Waals surface area contributed by atoms with Gasteiger partial charge in [-0.1, -0.05) is 18.5 Å². The lowest BCUT2D eigenvalue weighted by Gasteiger charge is -2.08. The molecule has 2 heterocycles. The first kappa shape index (κ1) is 13.7. The van der Waals surface area contributed by atoms with Crippen molar-refractivity contribution in [1.82, 2.24) is 9.88 Å². The number of nitrogens with one attached hydrogen (secondary N) is 1. The predicted molar refractivity (Wildman–Crippen MR) is 79.5 cm³/mol. The van der Waals surface area contributed by atoms with E-state index in [0.29, 0.717) is 0 Å². The zero-order valence-electron chi connectivity index (χ0n) is 10.7. The molecule has 0 amide bonds. The fourth-order valence-corrected chi connectivity index (χ4v) is 3.07. The van der Waals surface area contributed by atoms with Crippen LogP contribution in [0.1, 0.15) is 23.9 Å². The second-order valence-electron chi connectivity index (χ2n) is 4.33. The molecule has 0 bridgehead atoms. The molecule has 0 aliphatic rings. The summed E-state index contributed by atoms with van der Waals surface area (Å²) in [5, 5.41) is 3.49. The van der Waals surface area contributed by atoms with Crippen LogP contribution in [0, 0.1) is 0 Å². The minimum Gasteiger partial charge on any atom is -0.350 e. The highest BCUT2D eigenvalue weighted by Crippen LogP contribution is 2.21. The van der Waals surface area contributed by atoms with Crippen molar-refractivity contribution in [2.75, 3.05) is 6.54 Å². The Morgan fingerprint density at radius 3 is 2.94 bits per heavy atom. The van der Waals surface area contributed by atoms with Gasteiger partial charge in [0.15, 0.2) is 0 Å². The molecule has 0 atom stereocenters. The first-order valence-corrected chi connectivity index (χ1v) is 7.58. The van der Waals surface area contributed by atoms with E-state index in [4.69, 9.17) is 11.6 Å². The minimum atomic E-state index is 0.877. The lowest BCUT2D eigenvalue weighted by atomic mass is 10.3. The number of thiophene rings is 1. The van der Waals surface area contributed by atoms with Gasteiger partial charge in [0.1, 0.15) is 0 Å². The smallest absolute Gasteiger partial charge is 0.0931 e. The van der Waals surface area contributed by atoms with E-state index >= 15 is 0 Å². The van der Waals surface area contributed by atoms with Crippen molar-refractivity contribution >= 4 is 22.9 Å². The van der Waals surface area contributed by atoms with Gasteiger partial charge in [0.2, 0.25) is 0 Å². The number of halogens is 1. The molecular weight excluding hydrogens is 264 g/mol. The summed E-state index contributed by atoms with van der Waals surface area (Å²) in [5.41, 5.74) is 1.36. The summed E-state index contributed by atoms with van der Waals surface area (Å²) in [5.74, 6) is 0. The van der Waals surface area contributed by atoms with Crippen LogP contribution in [0.15, 0.2) is 30.5 Å². The molecule has 2 aromatic rings. The normalized spacial score (nSPS) is 11.0. The van der Waals surface area contributed by atoms with Gasteiger partial charge < -0.3 is 9.88 Å². The molecule has 0 saturated heterocycles. The van der Waals surface area contributed by atoms with Crippen LogP contribution in [-0.4, -0.2) is 11.1 Å². The Labute approximate surface area is 118 Å². The first-order valence-electron chi connectivity index (χ1n) is 6.38. The molecule has 2 nitrogen and oxygen atoms in total. The van der Waals surface area contributed by atoms with Gasteiger partial charge in [-0.25, -0.2) is 0 Å². The second kappa shape index (κ2) is 6.98. The maximum atomic E-state index is 5.90. The van der Waals surface area contributed by atoms with Crippen molar-refractivity contribution < 1.29 is 0 Å². The van der Waals surface area contributed by atoms with Gasteiger partial charge in [-0.05, 0) is 37.1 Å². The highest BCUT2D eigenvalue weighted by Gasteiger charge is 2.00. The molecule has 0 aliphatic carbocycles. The SMILES string of the molecule is CCCn1cccc1CNCCc1ccc(Cl)s1. The summed E-state index contributed by atoms with van der Waals surface area (Å²) in [7, 11) is 0. The number of hydrogen-bond donors (Lipinski definition) is 1. The molecule has 2 rings (SSSR count). The summed E-state index contributed by atoms with van der Waals surface area (Å²) in [6.07, 6.45) is 4.38. The lowest BCUT2D eigenvalue weighted by molar-refractivity contribution is 0.603. The molecule has 0 unspecified atom stereocenters. The molecule has 0 spiro atoms. The van der Waals surface area contributed by atoms with Gasteiger partial charge in [-0.3, -0.25) is 0 Å². The Morgan fingerprint density at radius 1 is 1.33 bits per heavy atom. The van der Waals surface area contributed by atoms with Gasteiger partial charge in [0.05, 0.1) is 4.34 Å². The fraction of sp³-hybridized carbons (Fsp3) is 0.429. The summed E-state index contributed by atoms with van der Waals surface area (Å²) in [4.78, 5) is 1.34. The van der Waals surface area contributed by atoms with Crippen molar-refractivity contribution in [3.63, 3.8) is 0 Å². The molecule has 1 N–H and O–H groups in total. The average Bonchev–Trinajstić information content (AvgIpc) is 2.95. The van der Waals surface area contributed by atoms with Gasteiger partial charge in [0, 0.05) is 36.4 Å². The maximum absolute atomic E-state index is 5.90. The maximum Gasteiger partial charge on any atom is 0.0931 e. The minimum absolute atomic E-state index is 0.877. The molecule has 18 heavy (non-hydrogen) atoms. The summed E-state index contributed by atoms with van der Waals surface area (Å²) in [6, 6.07) is 8.37. The summed E-state index contributed by atoms with van der Waals surface area (Å²) < 4.78 is 3.19. The van der Waals surface area contributed by atoms with Crippen LogP contribution in [0.5, 0.6) is 0 Å². The van der Waals surface area contributed by atoms with E-state index in [2.05, 4.69) is 41.2 Å². The Morgan fingerprint density at radius 2 is 2.22 bits per heavy atom. The predicted octanol–water partition coefficient (Wildman–Crippen LogP) is 3.95. The number of aryl methyl sites for hydroxylation is 1. The molecule has 0 fully saturated rings. The third kappa shape index (κ3) is 3.87. The van der Waals surface area contributed by atoms with Crippen LogP contribution in [-0.2, 0) is 19.5 Å². The third-order valence-electron chi connectivity index (χ3n) is 2.87. The topological polar surface area (TPSA) is 17.0 Å². The van der Waals surface area contributed by atoms with Crippen LogP contribution < -0.4 is 5.32 Å². The van der Waals surface area contributed by atoms with Crippen molar-refractivity contribution in [3.05, 3.63) is 45.4 Å². The Hall–Kier alpha value is -0.770. The van der Waals surface area contributed by atoms with E-state index < -0.39 is 0 Å². The van der Waals surface area contributed by atoms with Crippen LogP contribution in [0.25, 0.3) is 0 Å². The zero-order chi connectivity index (χ0) is 12.8. The van der Waals surface area contributed by atoms with E-state index in [9.17, 15) is 0 Å². The summed E-state index contributed by atoms with van der Waals surface area (Å²) in [6.45, 7) is 5.24. The number of rotatable bonds is 7. The number of nitrogens with zero attached hydrogens (tertiary/aromatic N) is 1. The summed E-state index contributed by atoms with van der Waals surface area (Å²) >= 11 is 7.57. The number of hydrogen-bond acceptors (Lipinski definition) is 2. The molecule has 0 saturated carbocycles. The van der Waals surface area contributed by atoms with Crippen LogP contribution in [0.2, 0.25) is 4.34 Å². The Balaban J connectivity index is 1.73. The fourth-order valence-electron chi connectivity index (χ4n) is 1.98. The number of aromatic nitrogens is 1. The second-order valence-corrected chi connectivity index (χ2v) is 6.13. The quantitative estimate of drug-likeness (QED) is 0.761. The van der Waals surface area contributed by atoms with E-state index in [0.717, 1.165) is 30.4 Å². The monoisotopic (exact) mass is 282 g/mol. The van der Waals surface area contributed by atoms with Crippen LogP contribution >= 0.6 is 22.9 Å². The Bertz CT molecular complexity index is 476. The van der Waals surface area contributed by atoms with Gasteiger partial charge in [-0.15, -0.1) is 11.3 Å².